The minimum Gasteiger partial charge on any atom is -0.449 e. The van der Waals surface area contributed by atoms with Crippen LogP contribution in [-0.2, 0) is 10.0 Å². The highest BCUT2D eigenvalue weighted by atomic mass is 35.5. The molecular formula is C22H21ClN2O5S. The van der Waals surface area contributed by atoms with Crippen molar-refractivity contribution in [2.75, 3.05) is 26.2 Å². The fraction of sp³-hybridized carbons (Fsp3) is 0.273. The third kappa shape index (κ3) is 3.86. The number of sulfonamides is 1. The number of amides is 1. The number of benzene rings is 2. The van der Waals surface area contributed by atoms with Crippen molar-refractivity contribution >= 4 is 44.3 Å². The number of aryl methyl sites for hydroxylation is 1. The van der Waals surface area contributed by atoms with E-state index >= 15 is 0 Å². The molecule has 0 N–H and O–H groups in total. The number of ketones is 1. The number of rotatable bonds is 4. The standard InChI is InChI=1S/C22H21ClN2O5S/c1-14-18-7-4-8-19(23)21(18)30-20(14)22(27)24-9-11-25(12-10-24)31(28,29)17-6-3-5-16(13-17)15(2)26/h3-8,13H,9-12H2,1-2H3. The Hall–Kier alpha value is -2.68. The molecule has 9 heteroatoms. The number of carbonyl (C=O) groups excluding carboxylic acids is 2. The van der Waals surface area contributed by atoms with E-state index in [1.54, 1.807) is 36.1 Å². The van der Waals surface area contributed by atoms with Crippen LogP contribution < -0.4 is 0 Å². The summed E-state index contributed by atoms with van der Waals surface area (Å²) in [5, 5.41) is 1.21. The predicted octanol–water partition coefficient (Wildman–Crippen LogP) is 3.74. The highest BCUT2D eigenvalue weighted by molar-refractivity contribution is 7.89. The Morgan fingerprint density at radius 3 is 2.35 bits per heavy atom. The van der Waals surface area contributed by atoms with Gasteiger partial charge < -0.3 is 9.32 Å². The highest BCUT2D eigenvalue weighted by Gasteiger charge is 2.32. The Balaban J connectivity index is 1.52. The maximum absolute atomic E-state index is 13.0. The molecule has 0 unspecified atom stereocenters. The zero-order valence-corrected chi connectivity index (χ0v) is 18.7. The first kappa shape index (κ1) is 21.5. The fourth-order valence-corrected chi connectivity index (χ4v) is 5.39. The van der Waals surface area contributed by atoms with E-state index < -0.39 is 10.0 Å². The number of para-hydroxylation sites is 1. The minimum absolute atomic E-state index is 0.0720. The third-order valence-electron chi connectivity index (χ3n) is 5.51. The molecule has 0 bridgehead atoms. The van der Waals surface area contributed by atoms with Crippen LogP contribution in [0.1, 0.15) is 33.4 Å². The largest absolute Gasteiger partial charge is 0.449 e. The molecule has 1 amide bonds. The molecule has 1 aromatic heterocycles. The molecule has 2 heterocycles. The zero-order chi connectivity index (χ0) is 22.3. The van der Waals surface area contributed by atoms with Gasteiger partial charge in [-0.3, -0.25) is 9.59 Å². The van der Waals surface area contributed by atoms with Crippen LogP contribution in [0.2, 0.25) is 5.02 Å². The van der Waals surface area contributed by atoms with E-state index in [2.05, 4.69) is 0 Å². The molecule has 7 nitrogen and oxygen atoms in total. The lowest BCUT2D eigenvalue weighted by atomic mass is 10.1. The van der Waals surface area contributed by atoms with Crippen molar-refractivity contribution in [3.63, 3.8) is 0 Å². The van der Waals surface area contributed by atoms with Crippen LogP contribution in [-0.4, -0.2) is 55.5 Å². The molecule has 0 radical (unpaired) electrons. The predicted molar refractivity (Wildman–Crippen MR) is 117 cm³/mol. The Labute approximate surface area is 185 Å². The van der Waals surface area contributed by atoms with E-state index in [1.807, 2.05) is 6.07 Å². The summed E-state index contributed by atoms with van der Waals surface area (Å²) in [7, 11) is -3.76. The number of carbonyl (C=O) groups is 2. The summed E-state index contributed by atoms with van der Waals surface area (Å²) in [5.41, 5.74) is 1.52. The molecule has 0 aliphatic carbocycles. The molecule has 0 atom stereocenters. The molecule has 1 saturated heterocycles. The number of Topliss-reactive ketones (excluding diaryl/α,β-unsaturated/α-hetero) is 1. The number of furan rings is 1. The van der Waals surface area contributed by atoms with E-state index in [1.165, 1.54) is 23.4 Å². The van der Waals surface area contributed by atoms with Crippen LogP contribution in [0.4, 0.5) is 0 Å². The van der Waals surface area contributed by atoms with Crippen LogP contribution >= 0.6 is 11.6 Å². The first-order chi connectivity index (χ1) is 14.7. The number of nitrogens with zero attached hydrogens (tertiary/aromatic N) is 2. The molecule has 2 aromatic carbocycles. The molecule has 31 heavy (non-hydrogen) atoms. The van der Waals surface area contributed by atoms with Gasteiger partial charge >= 0.3 is 0 Å². The van der Waals surface area contributed by atoms with Crippen LogP contribution in [0.15, 0.2) is 51.8 Å². The summed E-state index contributed by atoms with van der Waals surface area (Å²) >= 11 is 6.18. The first-order valence-corrected chi connectivity index (χ1v) is 11.6. The minimum atomic E-state index is -3.76. The van der Waals surface area contributed by atoms with E-state index in [-0.39, 0.29) is 48.5 Å². The van der Waals surface area contributed by atoms with Gasteiger partial charge in [-0.1, -0.05) is 35.9 Å². The maximum Gasteiger partial charge on any atom is 0.289 e. The van der Waals surface area contributed by atoms with Crippen molar-refractivity contribution < 1.29 is 22.4 Å². The normalized spacial score (nSPS) is 15.4. The molecule has 3 aromatic rings. The van der Waals surface area contributed by atoms with Gasteiger partial charge in [-0.15, -0.1) is 0 Å². The van der Waals surface area contributed by atoms with E-state index in [9.17, 15) is 18.0 Å². The van der Waals surface area contributed by atoms with Crippen molar-refractivity contribution in [1.29, 1.82) is 0 Å². The average Bonchev–Trinajstić information content (AvgIpc) is 3.11. The lowest BCUT2D eigenvalue weighted by Crippen LogP contribution is -2.50. The van der Waals surface area contributed by atoms with Gasteiger partial charge in [0.05, 0.1) is 9.92 Å². The Morgan fingerprint density at radius 1 is 1.03 bits per heavy atom. The topological polar surface area (TPSA) is 87.9 Å². The molecule has 0 spiro atoms. The molecule has 1 aliphatic heterocycles. The summed E-state index contributed by atoms with van der Waals surface area (Å²) in [6.07, 6.45) is 0. The summed E-state index contributed by atoms with van der Waals surface area (Å²) in [6.45, 7) is 3.96. The van der Waals surface area contributed by atoms with Crippen molar-refractivity contribution in [1.82, 2.24) is 9.21 Å². The zero-order valence-electron chi connectivity index (χ0n) is 17.1. The summed E-state index contributed by atoms with van der Waals surface area (Å²) < 4.78 is 33.1. The SMILES string of the molecule is CC(=O)c1cccc(S(=O)(=O)N2CCN(C(=O)c3oc4c(Cl)cccc4c3C)CC2)c1. The van der Waals surface area contributed by atoms with Crippen molar-refractivity contribution in [2.45, 2.75) is 18.7 Å². The van der Waals surface area contributed by atoms with Gasteiger partial charge in [0.25, 0.3) is 5.91 Å². The number of fused-ring (bicyclic) bond motifs is 1. The third-order valence-corrected chi connectivity index (χ3v) is 7.71. The van der Waals surface area contributed by atoms with Gasteiger partial charge in [0.2, 0.25) is 10.0 Å². The van der Waals surface area contributed by atoms with Crippen molar-refractivity contribution in [3.05, 3.63) is 64.4 Å². The van der Waals surface area contributed by atoms with Crippen molar-refractivity contribution in [2.24, 2.45) is 0 Å². The van der Waals surface area contributed by atoms with Crippen LogP contribution in [0.25, 0.3) is 11.0 Å². The number of piperazine rings is 1. The lowest BCUT2D eigenvalue weighted by molar-refractivity contribution is 0.0667. The second-order valence-corrected chi connectivity index (χ2v) is 9.80. The molecule has 1 fully saturated rings. The quantitative estimate of drug-likeness (QED) is 0.553. The Kier molecular flexibility index (Phi) is 5.63. The first-order valence-electron chi connectivity index (χ1n) is 9.78. The van der Waals surface area contributed by atoms with Gasteiger partial charge in [-0.05, 0) is 32.0 Å². The number of hydrogen-bond acceptors (Lipinski definition) is 5. The summed E-state index contributed by atoms with van der Waals surface area (Å²) in [4.78, 5) is 26.3. The Morgan fingerprint density at radius 2 is 1.71 bits per heavy atom. The number of hydrogen-bond donors (Lipinski definition) is 0. The second-order valence-electron chi connectivity index (χ2n) is 7.45. The number of halogens is 1. The van der Waals surface area contributed by atoms with Crippen LogP contribution in [0.5, 0.6) is 0 Å². The van der Waals surface area contributed by atoms with Gasteiger partial charge in [0.1, 0.15) is 0 Å². The second kappa shape index (κ2) is 8.11. The van der Waals surface area contributed by atoms with Gasteiger partial charge in [-0.25, -0.2) is 8.42 Å². The van der Waals surface area contributed by atoms with Gasteiger partial charge in [0, 0.05) is 42.7 Å². The Bertz CT molecular complexity index is 1290. The van der Waals surface area contributed by atoms with E-state index in [4.69, 9.17) is 16.0 Å². The summed E-state index contributed by atoms with van der Waals surface area (Å²) in [5.74, 6) is -0.275. The fourth-order valence-electron chi connectivity index (χ4n) is 3.71. The van der Waals surface area contributed by atoms with Crippen LogP contribution in [0.3, 0.4) is 0 Å². The van der Waals surface area contributed by atoms with Crippen molar-refractivity contribution in [3.8, 4) is 0 Å². The molecule has 162 valence electrons. The summed E-state index contributed by atoms with van der Waals surface area (Å²) in [6, 6.07) is 11.3. The molecular weight excluding hydrogens is 440 g/mol. The van der Waals surface area contributed by atoms with E-state index in [0.717, 1.165) is 5.39 Å². The molecule has 1 aliphatic rings. The smallest absolute Gasteiger partial charge is 0.289 e. The van der Waals surface area contributed by atoms with Crippen LogP contribution in [0, 0.1) is 6.92 Å². The maximum atomic E-state index is 13.0. The van der Waals surface area contributed by atoms with Gasteiger partial charge in [-0.2, -0.15) is 4.31 Å². The average molecular weight is 461 g/mol. The van der Waals surface area contributed by atoms with E-state index in [0.29, 0.717) is 21.7 Å². The lowest BCUT2D eigenvalue weighted by Gasteiger charge is -2.33. The molecule has 4 rings (SSSR count). The molecule has 0 saturated carbocycles. The van der Waals surface area contributed by atoms with Gasteiger partial charge in [0.15, 0.2) is 17.1 Å². The highest BCUT2D eigenvalue weighted by Crippen LogP contribution is 2.31. The monoisotopic (exact) mass is 460 g/mol.